The van der Waals surface area contributed by atoms with Crippen molar-refractivity contribution in [2.75, 3.05) is 19.7 Å². The summed E-state index contributed by atoms with van der Waals surface area (Å²) < 4.78 is 0. The first-order chi connectivity index (χ1) is 7.69. The molecule has 0 saturated carbocycles. The first-order valence-corrected chi connectivity index (χ1v) is 6.77. The lowest BCUT2D eigenvalue weighted by molar-refractivity contribution is 0.249. The van der Waals surface area contributed by atoms with Gasteiger partial charge in [-0.2, -0.15) is 0 Å². The molecule has 1 aromatic heterocycles. The van der Waals surface area contributed by atoms with E-state index in [0.29, 0.717) is 12.5 Å². The van der Waals surface area contributed by atoms with Gasteiger partial charge in [-0.25, -0.2) is 4.98 Å². The maximum Gasteiger partial charge on any atom is 0.107 e. The first kappa shape index (κ1) is 12.0. The Bertz CT molecular complexity index is 331. The average Bonchev–Trinajstić information content (AvgIpc) is 2.77. The second kappa shape index (κ2) is 5.25. The summed E-state index contributed by atoms with van der Waals surface area (Å²) in [5.74, 6) is 0.687. The van der Waals surface area contributed by atoms with Gasteiger partial charge in [-0.1, -0.05) is 0 Å². The molecule has 0 radical (unpaired) electrons. The molecule has 1 atom stereocenters. The van der Waals surface area contributed by atoms with E-state index < -0.39 is 0 Å². The van der Waals surface area contributed by atoms with Gasteiger partial charge >= 0.3 is 0 Å². The van der Waals surface area contributed by atoms with Gasteiger partial charge in [-0.15, -0.1) is 11.3 Å². The van der Waals surface area contributed by atoms with Gasteiger partial charge in [0.1, 0.15) is 5.01 Å². The van der Waals surface area contributed by atoms with Gasteiger partial charge in [0.2, 0.25) is 0 Å². The summed E-state index contributed by atoms with van der Waals surface area (Å²) in [5.41, 5.74) is 1.17. The summed E-state index contributed by atoms with van der Waals surface area (Å²) in [6.07, 6.45) is 2.18. The summed E-state index contributed by atoms with van der Waals surface area (Å²) in [4.78, 5) is 8.36. The third kappa shape index (κ3) is 2.81. The zero-order chi connectivity index (χ0) is 11.5. The minimum Gasteiger partial charge on any atom is -0.396 e. The number of aromatic nitrogens is 1. The Morgan fingerprint density at radius 2 is 2.31 bits per heavy atom. The van der Waals surface area contributed by atoms with Crippen LogP contribution in [-0.4, -0.2) is 34.7 Å². The van der Waals surface area contributed by atoms with Crippen LogP contribution in [0.2, 0.25) is 0 Å². The Labute approximate surface area is 101 Å². The highest BCUT2D eigenvalue weighted by molar-refractivity contribution is 7.11. The van der Waals surface area contributed by atoms with E-state index in [1.54, 1.807) is 0 Å². The standard InChI is InChI=1S/C12H20N2OS/c1-9-10(2)16-12(13-9)8-14-5-3-11(7-14)4-6-15/h11,15H,3-8H2,1-2H3. The second-order valence-corrected chi connectivity index (χ2v) is 5.94. The van der Waals surface area contributed by atoms with Crippen molar-refractivity contribution in [2.45, 2.75) is 33.2 Å². The molecule has 1 saturated heterocycles. The van der Waals surface area contributed by atoms with Gasteiger partial charge in [-0.3, -0.25) is 4.90 Å². The number of hydrogen-bond donors (Lipinski definition) is 1. The van der Waals surface area contributed by atoms with Crippen molar-refractivity contribution < 1.29 is 5.11 Å². The Morgan fingerprint density at radius 3 is 2.94 bits per heavy atom. The largest absolute Gasteiger partial charge is 0.396 e. The highest BCUT2D eigenvalue weighted by Gasteiger charge is 2.22. The molecule has 16 heavy (non-hydrogen) atoms. The zero-order valence-electron chi connectivity index (χ0n) is 10.1. The summed E-state index contributed by atoms with van der Waals surface area (Å²) in [6.45, 7) is 7.80. The predicted molar refractivity (Wildman–Crippen MR) is 66.7 cm³/mol. The van der Waals surface area contributed by atoms with Crippen LogP contribution in [0.15, 0.2) is 0 Å². The van der Waals surface area contributed by atoms with Gasteiger partial charge in [0.25, 0.3) is 0 Å². The Hall–Kier alpha value is -0.450. The Morgan fingerprint density at radius 1 is 1.50 bits per heavy atom. The SMILES string of the molecule is Cc1nc(CN2CCC(CCO)C2)sc1C. The van der Waals surface area contributed by atoms with Crippen LogP contribution in [0.1, 0.15) is 28.4 Å². The van der Waals surface area contributed by atoms with Crippen LogP contribution in [0.25, 0.3) is 0 Å². The van der Waals surface area contributed by atoms with Gasteiger partial charge in [0.05, 0.1) is 12.2 Å². The molecule has 1 fully saturated rings. The zero-order valence-corrected chi connectivity index (χ0v) is 10.9. The molecule has 1 aliphatic rings. The van der Waals surface area contributed by atoms with Gasteiger partial charge in [-0.05, 0) is 39.2 Å². The van der Waals surface area contributed by atoms with Crippen molar-refractivity contribution in [3.8, 4) is 0 Å². The minimum atomic E-state index is 0.327. The number of likely N-dealkylation sites (tertiary alicyclic amines) is 1. The molecule has 1 aliphatic heterocycles. The number of rotatable bonds is 4. The molecule has 0 aromatic carbocycles. The van der Waals surface area contributed by atoms with Crippen LogP contribution in [0.3, 0.4) is 0 Å². The lowest BCUT2D eigenvalue weighted by atomic mass is 10.1. The van der Waals surface area contributed by atoms with Crippen molar-refractivity contribution in [3.05, 3.63) is 15.6 Å². The monoisotopic (exact) mass is 240 g/mol. The molecule has 2 rings (SSSR count). The molecule has 1 N–H and O–H groups in total. The molecule has 2 heterocycles. The van der Waals surface area contributed by atoms with Crippen LogP contribution in [0.5, 0.6) is 0 Å². The number of aliphatic hydroxyl groups excluding tert-OH is 1. The highest BCUT2D eigenvalue weighted by Crippen LogP contribution is 2.23. The maximum atomic E-state index is 8.91. The van der Waals surface area contributed by atoms with Crippen molar-refractivity contribution >= 4 is 11.3 Å². The summed E-state index contributed by atoms with van der Waals surface area (Å²) >= 11 is 1.81. The van der Waals surface area contributed by atoms with E-state index in [0.717, 1.165) is 26.1 Å². The third-order valence-corrected chi connectivity index (χ3v) is 4.40. The van der Waals surface area contributed by atoms with E-state index in [1.807, 2.05) is 11.3 Å². The predicted octanol–water partition coefficient (Wildman–Crippen LogP) is 1.96. The fourth-order valence-corrected chi connectivity index (χ4v) is 3.25. The van der Waals surface area contributed by atoms with Crippen LogP contribution in [0.4, 0.5) is 0 Å². The van der Waals surface area contributed by atoms with E-state index in [9.17, 15) is 0 Å². The summed E-state index contributed by atoms with van der Waals surface area (Å²) in [5, 5.41) is 10.1. The van der Waals surface area contributed by atoms with Crippen molar-refractivity contribution in [1.82, 2.24) is 9.88 Å². The van der Waals surface area contributed by atoms with Crippen LogP contribution < -0.4 is 0 Å². The molecule has 3 nitrogen and oxygen atoms in total. The van der Waals surface area contributed by atoms with Crippen molar-refractivity contribution in [2.24, 2.45) is 5.92 Å². The number of aliphatic hydroxyl groups is 1. The van der Waals surface area contributed by atoms with Gasteiger partial charge < -0.3 is 5.11 Å². The minimum absolute atomic E-state index is 0.327. The first-order valence-electron chi connectivity index (χ1n) is 5.95. The van der Waals surface area contributed by atoms with E-state index in [1.165, 1.54) is 22.0 Å². The molecule has 1 aromatic rings. The smallest absolute Gasteiger partial charge is 0.107 e. The average molecular weight is 240 g/mol. The van der Waals surface area contributed by atoms with Crippen LogP contribution >= 0.6 is 11.3 Å². The number of hydrogen-bond acceptors (Lipinski definition) is 4. The molecule has 0 aliphatic carbocycles. The van der Waals surface area contributed by atoms with E-state index >= 15 is 0 Å². The molecule has 0 bridgehead atoms. The molecular formula is C12H20N2OS. The molecule has 4 heteroatoms. The van der Waals surface area contributed by atoms with E-state index in [2.05, 4.69) is 23.7 Å². The normalized spacial score (nSPS) is 21.8. The maximum absolute atomic E-state index is 8.91. The number of nitrogens with zero attached hydrogens (tertiary/aromatic N) is 2. The quantitative estimate of drug-likeness (QED) is 0.874. The van der Waals surface area contributed by atoms with Gasteiger partial charge in [0.15, 0.2) is 0 Å². The molecule has 1 unspecified atom stereocenters. The third-order valence-electron chi connectivity index (χ3n) is 3.34. The lowest BCUT2D eigenvalue weighted by Gasteiger charge is -2.13. The van der Waals surface area contributed by atoms with E-state index in [-0.39, 0.29) is 0 Å². The lowest BCUT2D eigenvalue weighted by Crippen LogP contribution is -2.20. The Kier molecular flexibility index (Phi) is 3.95. The fraction of sp³-hybridized carbons (Fsp3) is 0.750. The number of aryl methyl sites for hydroxylation is 2. The van der Waals surface area contributed by atoms with Crippen LogP contribution in [0, 0.1) is 19.8 Å². The highest BCUT2D eigenvalue weighted by atomic mass is 32.1. The van der Waals surface area contributed by atoms with Crippen molar-refractivity contribution in [3.63, 3.8) is 0 Å². The molecule has 90 valence electrons. The van der Waals surface area contributed by atoms with Crippen LogP contribution in [-0.2, 0) is 6.54 Å². The Balaban J connectivity index is 1.87. The second-order valence-electron chi connectivity index (χ2n) is 4.65. The summed E-state index contributed by atoms with van der Waals surface area (Å²) in [6, 6.07) is 0. The number of thiazole rings is 1. The van der Waals surface area contributed by atoms with E-state index in [4.69, 9.17) is 5.11 Å². The summed E-state index contributed by atoms with van der Waals surface area (Å²) in [7, 11) is 0. The molecular weight excluding hydrogens is 220 g/mol. The molecule has 0 spiro atoms. The topological polar surface area (TPSA) is 36.4 Å². The molecule has 0 amide bonds. The van der Waals surface area contributed by atoms with Crippen molar-refractivity contribution in [1.29, 1.82) is 0 Å². The fourth-order valence-electron chi connectivity index (χ4n) is 2.27. The van der Waals surface area contributed by atoms with Gasteiger partial charge in [0, 0.05) is 18.0 Å².